The third-order valence-electron chi connectivity index (χ3n) is 4.37. The lowest BCUT2D eigenvalue weighted by Crippen LogP contribution is -2.15. The second kappa shape index (κ2) is 4.69. The quantitative estimate of drug-likeness (QED) is 0.929. The van der Waals surface area contributed by atoms with Crippen molar-refractivity contribution in [2.45, 2.75) is 38.2 Å². The standard InChI is InChI=1S/C14H18BrNO/c15-10-5-9(7-16-8-10)6-13(17)14-11-3-1-2-4-12(11)14/h5,7-8,11-14,17H,1-4,6H2. The molecular weight excluding hydrogens is 278 g/mol. The molecule has 0 spiro atoms. The number of hydrogen-bond donors (Lipinski definition) is 1. The van der Waals surface area contributed by atoms with E-state index >= 15 is 0 Å². The lowest BCUT2D eigenvalue weighted by Gasteiger charge is -2.10. The van der Waals surface area contributed by atoms with Gasteiger partial charge in [-0.1, -0.05) is 12.8 Å². The number of halogens is 1. The lowest BCUT2D eigenvalue weighted by atomic mass is 10.0. The van der Waals surface area contributed by atoms with Gasteiger partial charge in [0, 0.05) is 23.3 Å². The first kappa shape index (κ1) is 11.7. The van der Waals surface area contributed by atoms with E-state index in [1.807, 2.05) is 6.20 Å². The summed E-state index contributed by atoms with van der Waals surface area (Å²) >= 11 is 3.42. The fourth-order valence-electron chi connectivity index (χ4n) is 3.56. The third-order valence-corrected chi connectivity index (χ3v) is 4.81. The summed E-state index contributed by atoms with van der Waals surface area (Å²) in [6.45, 7) is 0. The summed E-state index contributed by atoms with van der Waals surface area (Å²) in [5.41, 5.74) is 1.13. The number of fused-ring (bicyclic) bond motifs is 1. The fourth-order valence-corrected chi connectivity index (χ4v) is 3.98. The average Bonchev–Trinajstić information content (AvgIpc) is 3.03. The molecule has 0 saturated heterocycles. The highest BCUT2D eigenvalue weighted by Gasteiger charge is 2.53. The van der Waals surface area contributed by atoms with E-state index in [4.69, 9.17) is 0 Å². The van der Waals surface area contributed by atoms with Crippen LogP contribution in [-0.2, 0) is 6.42 Å². The Morgan fingerprint density at radius 2 is 2.00 bits per heavy atom. The second-order valence-corrected chi connectivity index (χ2v) is 6.39. The van der Waals surface area contributed by atoms with Gasteiger partial charge < -0.3 is 5.11 Å². The molecule has 1 N–H and O–H groups in total. The van der Waals surface area contributed by atoms with Crippen LogP contribution in [0, 0.1) is 17.8 Å². The van der Waals surface area contributed by atoms with Gasteiger partial charge >= 0.3 is 0 Å². The van der Waals surface area contributed by atoms with Crippen LogP contribution in [0.1, 0.15) is 31.2 Å². The Labute approximate surface area is 111 Å². The van der Waals surface area contributed by atoms with Gasteiger partial charge in [-0.05, 0) is 58.2 Å². The van der Waals surface area contributed by atoms with Crippen LogP contribution in [0.2, 0.25) is 0 Å². The van der Waals surface area contributed by atoms with Gasteiger partial charge in [0.25, 0.3) is 0 Å². The molecule has 2 aliphatic carbocycles. The van der Waals surface area contributed by atoms with Crippen molar-refractivity contribution < 1.29 is 5.11 Å². The van der Waals surface area contributed by atoms with Crippen LogP contribution in [-0.4, -0.2) is 16.2 Å². The molecule has 0 aromatic carbocycles. The molecule has 2 saturated carbocycles. The fraction of sp³-hybridized carbons (Fsp3) is 0.643. The second-order valence-electron chi connectivity index (χ2n) is 5.47. The number of hydrogen-bond acceptors (Lipinski definition) is 2. The molecule has 3 unspecified atom stereocenters. The molecule has 2 nitrogen and oxygen atoms in total. The summed E-state index contributed by atoms with van der Waals surface area (Å²) in [4.78, 5) is 4.15. The van der Waals surface area contributed by atoms with Crippen molar-refractivity contribution >= 4 is 15.9 Å². The van der Waals surface area contributed by atoms with E-state index in [9.17, 15) is 5.11 Å². The summed E-state index contributed by atoms with van der Waals surface area (Å²) in [5, 5.41) is 10.3. The summed E-state index contributed by atoms with van der Waals surface area (Å²) < 4.78 is 0.996. The maximum atomic E-state index is 10.3. The van der Waals surface area contributed by atoms with E-state index in [1.165, 1.54) is 25.7 Å². The first-order chi connectivity index (χ1) is 8.25. The van der Waals surface area contributed by atoms with Crippen LogP contribution in [0.3, 0.4) is 0 Å². The van der Waals surface area contributed by atoms with E-state index in [1.54, 1.807) is 6.20 Å². The van der Waals surface area contributed by atoms with Crippen LogP contribution in [0.25, 0.3) is 0 Å². The number of aliphatic hydroxyl groups is 1. The van der Waals surface area contributed by atoms with Crippen molar-refractivity contribution in [2.24, 2.45) is 17.8 Å². The highest BCUT2D eigenvalue weighted by molar-refractivity contribution is 9.10. The van der Waals surface area contributed by atoms with Gasteiger partial charge in [-0.2, -0.15) is 0 Å². The monoisotopic (exact) mass is 295 g/mol. The van der Waals surface area contributed by atoms with E-state index in [0.29, 0.717) is 5.92 Å². The molecule has 0 aliphatic heterocycles. The molecule has 0 amide bonds. The smallest absolute Gasteiger partial charge is 0.0614 e. The van der Waals surface area contributed by atoms with E-state index in [2.05, 4.69) is 27.0 Å². The Kier molecular flexibility index (Phi) is 3.22. The molecular formula is C14H18BrNO. The topological polar surface area (TPSA) is 33.1 Å². The molecule has 3 heteroatoms. The van der Waals surface area contributed by atoms with E-state index in [0.717, 1.165) is 28.3 Å². The molecule has 2 aliphatic rings. The maximum absolute atomic E-state index is 10.3. The summed E-state index contributed by atoms with van der Waals surface area (Å²) in [7, 11) is 0. The summed E-state index contributed by atoms with van der Waals surface area (Å²) in [6, 6.07) is 2.06. The average molecular weight is 296 g/mol. The molecule has 1 aromatic heterocycles. The SMILES string of the molecule is OC(Cc1cncc(Br)c1)C1C2CCCCC21. The minimum atomic E-state index is -0.167. The van der Waals surface area contributed by atoms with Gasteiger partial charge in [0.15, 0.2) is 0 Å². The number of rotatable bonds is 3. The Balaban J connectivity index is 1.62. The number of nitrogens with zero attached hydrogens (tertiary/aromatic N) is 1. The van der Waals surface area contributed by atoms with Crippen LogP contribution < -0.4 is 0 Å². The van der Waals surface area contributed by atoms with Crippen molar-refractivity contribution in [1.29, 1.82) is 0 Å². The van der Waals surface area contributed by atoms with Crippen molar-refractivity contribution in [3.05, 3.63) is 28.5 Å². The summed E-state index contributed by atoms with van der Waals surface area (Å²) in [6.07, 6.45) is 9.63. The van der Waals surface area contributed by atoms with Gasteiger partial charge in [-0.15, -0.1) is 0 Å². The molecule has 2 fully saturated rings. The van der Waals surface area contributed by atoms with Gasteiger partial charge in [0.05, 0.1) is 6.10 Å². The molecule has 0 bridgehead atoms. The zero-order valence-electron chi connectivity index (χ0n) is 9.85. The van der Waals surface area contributed by atoms with Crippen molar-refractivity contribution in [3.63, 3.8) is 0 Å². The molecule has 0 radical (unpaired) electrons. The normalized spacial score (nSPS) is 32.9. The minimum absolute atomic E-state index is 0.167. The molecule has 3 rings (SSSR count). The highest BCUT2D eigenvalue weighted by atomic mass is 79.9. The molecule has 92 valence electrons. The van der Waals surface area contributed by atoms with Gasteiger partial charge in [-0.25, -0.2) is 0 Å². The van der Waals surface area contributed by atoms with Crippen molar-refractivity contribution in [1.82, 2.24) is 4.98 Å². The minimum Gasteiger partial charge on any atom is -0.392 e. The number of pyridine rings is 1. The molecule has 17 heavy (non-hydrogen) atoms. The van der Waals surface area contributed by atoms with Crippen LogP contribution in [0.15, 0.2) is 22.9 Å². The predicted octanol–water partition coefficient (Wildman–Crippen LogP) is 3.18. The zero-order valence-corrected chi connectivity index (χ0v) is 11.4. The Morgan fingerprint density at radius 1 is 1.29 bits per heavy atom. The van der Waals surface area contributed by atoms with Crippen LogP contribution >= 0.6 is 15.9 Å². The van der Waals surface area contributed by atoms with Crippen molar-refractivity contribution in [3.8, 4) is 0 Å². The Hall–Kier alpha value is -0.410. The Bertz CT molecular complexity index is 397. The predicted molar refractivity (Wildman–Crippen MR) is 70.6 cm³/mol. The first-order valence-electron chi connectivity index (χ1n) is 6.53. The molecule has 1 aromatic rings. The molecule has 3 atom stereocenters. The van der Waals surface area contributed by atoms with Crippen LogP contribution in [0.4, 0.5) is 0 Å². The van der Waals surface area contributed by atoms with Gasteiger partial charge in [0.2, 0.25) is 0 Å². The summed E-state index contributed by atoms with van der Waals surface area (Å²) in [5.74, 6) is 2.20. The van der Waals surface area contributed by atoms with E-state index in [-0.39, 0.29) is 6.10 Å². The van der Waals surface area contributed by atoms with E-state index < -0.39 is 0 Å². The van der Waals surface area contributed by atoms with Gasteiger partial charge in [0.1, 0.15) is 0 Å². The first-order valence-corrected chi connectivity index (χ1v) is 7.32. The Morgan fingerprint density at radius 3 is 2.65 bits per heavy atom. The number of aromatic nitrogens is 1. The highest BCUT2D eigenvalue weighted by Crippen LogP contribution is 2.57. The van der Waals surface area contributed by atoms with Crippen molar-refractivity contribution in [2.75, 3.05) is 0 Å². The molecule has 1 heterocycles. The maximum Gasteiger partial charge on any atom is 0.0614 e. The van der Waals surface area contributed by atoms with Crippen LogP contribution in [0.5, 0.6) is 0 Å². The van der Waals surface area contributed by atoms with Gasteiger partial charge in [-0.3, -0.25) is 4.98 Å². The lowest BCUT2D eigenvalue weighted by molar-refractivity contribution is 0.140. The zero-order chi connectivity index (χ0) is 11.8. The third kappa shape index (κ3) is 2.41. The largest absolute Gasteiger partial charge is 0.392 e. The number of aliphatic hydroxyl groups excluding tert-OH is 1.